The van der Waals surface area contributed by atoms with Gasteiger partial charge in [0.05, 0.1) is 28.9 Å². The van der Waals surface area contributed by atoms with Crippen molar-refractivity contribution in [1.82, 2.24) is 17.9 Å². The molecular weight excluding hydrogens is 414 g/mol. The van der Waals surface area contributed by atoms with E-state index in [9.17, 15) is 14.4 Å². The number of carbonyl (C=O) groups excluding carboxylic acids is 1. The first kappa shape index (κ1) is 18.0. The number of hydrogen-bond acceptors (Lipinski definition) is 7. The van der Waals surface area contributed by atoms with E-state index in [1.54, 1.807) is 13.1 Å². The highest BCUT2D eigenvalue weighted by Crippen LogP contribution is 2.48. The van der Waals surface area contributed by atoms with Crippen molar-refractivity contribution in [2.75, 3.05) is 5.32 Å². The maximum absolute atomic E-state index is 13.5. The van der Waals surface area contributed by atoms with E-state index < -0.39 is 17.2 Å². The number of nitrogens with zero attached hydrogens (tertiary/aromatic N) is 4. The zero-order valence-corrected chi connectivity index (χ0v) is 17.4. The fraction of sp³-hybridized carbons (Fsp3) is 0.136. The third-order valence-electron chi connectivity index (χ3n) is 6.10. The van der Waals surface area contributed by atoms with Gasteiger partial charge in [-0.15, -0.1) is 0 Å². The molecule has 4 aromatic rings. The Hall–Kier alpha value is -3.85. The lowest BCUT2D eigenvalue weighted by Crippen LogP contribution is -2.42. The van der Waals surface area contributed by atoms with Crippen molar-refractivity contribution >= 4 is 40.1 Å². The summed E-state index contributed by atoms with van der Waals surface area (Å²) in [6, 6.07) is 12.9. The smallest absolute Gasteiger partial charge is 0.332 e. The third-order valence-corrected chi connectivity index (χ3v) is 6.65. The van der Waals surface area contributed by atoms with Gasteiger partial charge in [0.2, 0.25) is 0 Å². The number of Topliss-reactive ketones (excluding diaryl/α,β-unsaturated/α-hetero) is 1. The van der Waals surface area contributed by atoms with Crippen LogP contribution in [0.5, 0.6) is 0 Å². The molecule has 0 radical (unpaired) electrons. The van der Waals surface area contributed by atoms with Gasteiger partial charge in [-0.1, -0.05) is 36.4 Å². The van der Waals surface area contributed by atoms with Crippen LogP contribution in [0.4, 0.5) is 5.82 Å². The summed E-state index contributed by atoms with van der Waals surface area (Å²) in [6.07, 6.45) is 0. The van der Waals surface area contributed by atoms with Crippen LogP contribution in [0, 0.1) is 0 Å². The molecule has 0 saturated carbocycles. The van der Waals surface area contributed by atoms with Crippen LogP contribution < -0.4 is 16.6 Å². The fourth-order valence-electron chi connectivity index (χ4n) is 4.63. The topological polar surface area (TPSA) is 98.9 Å². The highest BCUT2D eigenvalue weighted by atomic mass is 32.1. The Morgan fingerprint density at radius 2 is 1.71 bits per heavy atom. The zero-order valence-electron chi connectivity index (χ0n) is 16.5. The lowest BCUT2D eigenvalue weighted by atomic mass is 9.81. The molecule has 0 bridgehead atoms. The number of rotatable bonds is 1. The summed E-state index contributed by atoms with van der Waals surface area (Å²) in [6.45, 7) is 0. The van der Waals surface area contributed by atoms with Crippen LogP contribution in [0.3, 0.4) is 0 Å². The number of benzene rings is 2. The quantitative estimate of drug-likeness (QED) is 0.498. The molecule has 8 nitrogen and oxygen atoms in total. The van der Waals surface area contributed by atoms with Gasteiger partial charge in [0.1, 0.15) is 16.9 Å². The molecule has 31 heavy (non-hydrogen) atoms. The first-order valence-electron chi connectivity index (χ1n) is 9.65. The van der Waals surface area contributed by atoms with E-state index in [0.717, 1.165) is 27.4 Å². The van der Waals surface area contributed by atoms with Gasteiger partial charge in [0.25, 0.3) is 5.56 Å². The average Bonchev–Trinajstić information content (AvgIpc) is 3.38. The van der Waals surface area contributed by atoms with E-state index in [-0.39, 0.29) is 5.78 Å². The number of carbonyl (C=O) groups is 1. The number of nitrogens with one attached hydrogen (secondary N) is 1. The first-order chi connectivity index (χ1) is 15.0. The standard InChI is InChI=1S/C22H15N5O3S/c1-26-20-16(21(29)27(2)22(26)30)14(12-8-5-9-13-17(12)25-31-24-13)15-18(23-20)10-6-3-4-7-11(10)19(15)28/h3-9,14,23H,1-2H3. The molecule has 3 heterocycles. The van der Waals surface area contributed by atoms with Crippen LogP contribution in [0.1, 0.15) is 33.0 Å². The summed E-state index contributed by atoms with van der Waals surface area (Å²) in [4.78, 5) is 39.6. The highest BCUT2D eigenvalue weighted by molar-refractivity contribution is 7.00. The maximum atomic E-state index is 13.5. The molecule has 2 aliphatic rings. The van der Waals surface area contributed by atoms with Gasteiger partial charge in [-0.2, -0.15) is 8.75 Å². The van der Waals surface area contributed by atoms with Crippen molar-refractivity contribution in [3.05, 3.63) is 91.1 Å². The second-order valence-electron chi connectivity index (χ2n) is 7.67. The second kappa shape index (κ2) is 6.08. The van der Waals surface area contributed by atoms with Crippen LogP contribution >= 0.6 is 11.7 Å². The molecule has 0 amide bonds. The van der Waals surface area contributed by atoms with Crippen LogP contribution in [-0.2, 0) is 14.1 Å². The summed E-state index contributed by atoms with van der Waals surface area (Å²) in [7, 11) is 3.06. The van der Waals surface area contributed by atoms with Crippen molar-refractivity contribution in [2.24, 2.45) is 14.1 Å². The highest BCUT2D eigenvalue weighted by Gasteiger charge is 2.43. The molecule has 1 N–H and O–H groups in total. The van der Waals surface area contributed by atoms with Gasteiger partial charge >= 0.3 is 5.69 Å². The number of anilines is 1. The minimum absolute atomic E-state index is 0.134. The molecule has 0 saturated heterocycles. The number of aromatic nitrogens is 4. The Kier molecular flexibility index (Phi) is 3.52. The van der Waals surface area contributed by atoms with Crippen LogP contribution in [0.25, 0.3) is 16.7 Å². The van der Waals surface area contributed by atoms with Gasteiger partial charge in [-0.05, 0) is 11.6 Å². The fourth-order valence-corrected chi connectivity index (χ4v) is 5.18. The Morgan fingerprint density at radius 3 is 2.52 bits per heavy atom. The van der Waals surface area contributed by atoms with E-state index >= 15 is 0 Å². The molecule has 6 rings (SSSR count). The van der Waals surface area contributed by atoms with Crippen LogP contribution in [0.15, 0.2) is 57.6 Å². The van der Waals surface area contributed by atoms with Crippen molar-refractivity contribution in [3.63, 3.8) is 0 Å². The maximum Gasteiger partial charge on any atom is 0.332 e. The number of hydrogen-bond donors (Lipinski definition) is 1. The minimum Gasteiger partial charge on any atom is -0.340 e. The molecule has 1 unspecified atom stereocenters. The lowest BCUT2D eigenvalue weighted by molar-refractivity contribution is 0.103. The van der Waals surface area contributed by atoms with E-state index in [0.29, 0.717) is 39.2 Å². The minimum atomic E-state index is -0.677. The van der Waals surface area contributed by atoms with Gasteiger partial charge in [-0.25, -0.2) is 4.79 Å². The molecule has 152 valence electrons. The zero-order chi connectivity index (χ0) is 21.4. The summed E-state index contributed by atoms with van der Waals surface area (Å²) in [5.41, 5.74) is 4.00. The predicted octanol–water partition coefficient (Wildman–Crippen LogP) is 2.25. The number of allylic oxidation sites excluding steroid dienone is 1. The number of ketones is 1. The first-order valence-corrected chi connectivity index (χ1v) is 10.4. The molecule has 1 atom stereocenters. The normalized spacial score (nSPS) is 16.8. The summed E-state index contributed by atoms with van der Waals surface area (Å²) < 4.78 is 11.3. The van der Waals surface area contributed by atoms with Crippen LogP contribution in [-0.4, -0.2) is 23.7 Å². The van der Waals surface area contributed by atoms with Crippen molar-refractivity contribution in [2.45, 2.75) is 5.92 Å². The Balaban J connectivity index is 1.77. The largest absolute Gasteiger partial charge is 0.340 e. The Morgan fingerprint density at radius 1 is 0.935 bits per heavy atom. The monoisotopic (exact) mass is 429 g/mol. The van der Waals surface area contributed by atoms with E-state index in [2.05, 4.69) is 14.1 Å². The molecule has 2 aromatic carbocycles. The van der Waals surface area contributed by atoms with E-state index in [4.69, 9.17) is 0 Å². The summed E-state index contributed by atoms with van der Waals surface area (Å²) >= 11 is 1.08. The molecule has 0 spiro atoms. The molecule has 9 heteroatoms. The molecular formula is C22H15N5O3S. The van der Waals surface area contributed by atoms with E-state index in [1.807, 2.05) is 36.4 Å². The van der Waals surface area contributed by atoms with Gasteiger partial charge < -0.3 is 5.32 Å². The summed E-state index contributed by atoms with van der Waals surface area (Å²) in [5.74, 6) is -0.421. The Labute approximate surface area is 179 Å². The van der Waals surface area contributed by atoms with Crippen LogP contribution in [0.2, 0.25) is 0 Å². The van der Waals surface area contributed by atoms with Gasteiger partial charge in [-0.3, -0.25) is 18.7 Å². The number of fused-ring (bicyclic) bond motifs is 4. The second-order valence-corrected chi connectivity index (χ2v) is 8.20. The molecule has 1 aliphatic heterocycles. The molecule has 1 aliphatic carbocycles. The molecule has 0 fully saturated rings. The van der Waals surface area contributed by atoms with E-state index in [1.165, 1.54) is 11.6 Å². The predicted molar refractivity (Wildman–Crippen MR) is 117 cm³/mol. The van der Waals surface area contributed by atoms with Crippen molar-refractivity contribution in [3.8, 4) is 0 Å². The third kappa shape index (κ3) is 2.21. The molecule has 2 aromatic heterocycles. The van der Waals surface area contributed by atoms with Gasteiger partial charge in [0, 0.05) is 30.8 Å². The SMILES string of the molecule is Cn1c2c(c(=O)n(C)c1=O)C(c1cccc3nsnc13)C1=C(N2)c2ccccc2C1=O. The van der Waals surface area contributed by atoms with Gasteiger partial charge in [0.15, 0.2) is 5.78 Å². The summed E-state index contributed by atoms with van der Waals surface area (Å²) in [5, 5.41) is 3.24. The average molecular weight is 429 g/mol. The van der Waals surface area contributed by atoms with Crippen molar-refractivity contribution < 1.29 is 4.79 Å². The van der Waals surface area contributed by atoms with Crippen molar-refractivity contribution in [1.29, 1.82) is 0 Å². The lowest BCUT2D eigenvalue weighted by Gasteiger charge is -2.29. The Bertz CT molecular complexity index is 1610.